The van der Waals surface area contributed by atoms with Crippen LogP contribution in [0.5, 0.6) is 0 Å². The lowest BCUT2D eigenvalue weighted by Crippen LogP contribution is -2.30. The van der Waals surface area contributed by atoms with Gasteiger partial charge < -0.3 is 0 Å². The van der Waals surface area contributed by atoms with Crippen LogP contribution in [0.1, 0.15) is 32.5 Å². The molecule has 2 unspecified atom stereocenters. The number of nitrogens with zero attached hydrogens (tertiary/aromatic N) is 2. The molecule has 29 heavy (non-hydrogen) atoms. The van der Waals surface area contributed by atoms with Crippen molar-refractivity contribution in [2.75, 3.05) is 4.90 Å². The molecular weight excluding hydrogens is 408 g/mol. The van der Waals surface area contributed by atoms with Crippen molar-refractivity contribution in [3.05, 3.63) is 81.3 Å². The normalized spacial score (nSPS) is 19.1. The van der Waals surface area contributed by atoms with E-state index in [-0.39, 0.29) is 5.78 Å². The highest BCUT2D eigenvalue weighted by molar-refractivity contribution is 7.16. The van der Waals surface area contributed by atoms with Crippen LogP contribution in [0.3, 0.4) is 0 Å². The van der Waals surface area contributed by atoms with Crippen molar-refractivity contribution in [1.29, 1.82) is 0 Å². The average molecular weight is 425 g/mol. The number of amides is 1. The first-order chi connectivity index (χ1) is 13.9. The minimum atomic E-state index is -1.14. The predicted octanol–water partition coefficient (Wildman–Crippen LogP) is 4.57. The molecule has 1 aliphatic rings. The lowest BCUT2D eigenvalue weighted by Gasteiger charge is -2.25. The summed E-state index contributed by atoms with van der Waals surface area (Å²) in [5.74, 6) is -2.95. The number of halogens is 1. The van der Waals surface area contributed by atoms with E-state index in [2.05, 4.69) is 4.98 Å². The number of hydrogen-bond donors (Lipinski definition) is 0. The summed E-state index contributed by atoms with van der Waals surface area (Å²) in [6, 6.07) is 14.6. The molecule has 0 spiro atoms. The van der Waals surface area contributed by atoms with Gasteiger partial charge in [0.1, 0.15) is 5.92 Å². The number of benzene rings is 2. The molecule has 0 saturated carbocycles. The van der Waals surface area contributed by atoms with Gasteiger partial charge in [-0.1, -0.05) is 54.1 Å². The summed E-state index contributed by atoms with van der Waals surface area (Å²) in [5, 5.41) is 0.949. The molecule has 0 N–H and O–H groups in total. The number of Topliss-reactive ketones (excluding diaryl/α,β-unsaturated/α-hetero) is 2. The molecule has 3 aromatic rings. The zero-order chi connectivity index (χ0) is 20.7. The average Bonchev–Trinajstić information content (AvgIpc) is 3.18. The van der Waals surface area contributed by atoms with Gasteiger partial charge in [-0.3, -0.25) is 19.3 Å². The quantitative estimate of drug-likeness (QED) is 0.349. The standard InChI is InChI=1S/C22H17ClN2O3S/c1-12-13(2)29-22(24-12)25-18(14-8-10-16(23)11-9-14)17(20(27)21(25)28)19(26)15-6-4-3-5-7-15/h3-11,17-18H,1-2H3. The first-order valence-electron chi connectivity index (χ1n) is 9.04. The number of carbonyl (C=O) groups excluding carboxylic acids is 3. The number of ketones is 2. The summed E-state index contributed by atoms with van der Waals surface area (Å²) in [7, 11) is 0. The Morgan fingerprint density at radius 2 is 1.69 bits per heavy atom. The second kappa shape index (κ2) is 7.54. The first-order valence-corrected chi connectivity index (χ1v) is 10.2. The minimum Gasteiger partial charge on any atom is -0.293 e. The molecule has 7 heteroatoms. The molecule has 0 radical (unpaired) electrons. The lowest BCUT2D eigenvalue weighted by molar-refractivity contribution is -0.135. The van der Waals surface area contributed by atoms with Gasteiger partial charge in [0.25, 0.3) is 5.91 Å². The number of rotatable bonds is 4. The summed E-state index contributed by atoms with van der Waals surface area (Å²) >= 11 is 7.36. The highest BCUT2D eigenvalue weighted by Crippen LogP contribution is 2.43. The zero-order valence-electron chi connectivity index (χ0n) is 15.8. The second-order valence-corrected chi connectivity index (χ2v) is 8.50. The molecule has 4 rings (SSSR count). The third-order valence-corrected chi connectivity index (χ3v) is 6.41. The van der Waals surface area contributed by atoms with Crippen LogP contribution in [-0.2, 0) is 9.59 Å². The highest BCUT2D eigenvalue weighted by atomic mass is 35.5. The van der Waals surface area contributed by atoms with Crippen molar-refractivity contribution >= 4 is 45.5 Å². The fourth-order valence-corrected chi connectivity index (χ4v) is 4.55. The van der Waals surface area contributed by atoms with Crippen LogP contribution in [0.2, 0.25) is 5.02 Å². The predicted molar refractivity (Wildman–Crippen MR) is 113 cm³/mol. The van der Waals surface area contributed by atoms with Crippen LogP contribution in [0.15, 0.2) is 54.6 Å². The van der Waals surface area contributed by atoms with Crippen LogP contribution >= 0.6 is 22.9 Å². The molecule has 2 atom stereocenters. The largest absolute Gasteiger partial charge is 0.297 e. The molecule has 146 valence electrons. The molecule has 0 aliphatic carbocycles. The topological polar surface area (TPSA) is 67.3 Å². The number of thiazole rings is 1. The summed E-state index contributed by atoms with van der Waals surface area (Å²) in [6.45, 7) is 3.75. The van der Waals surface area contributed by atoms with E-state index < -0.39 is 23.7 Å². The molecule has 0 bridgehead atoms. The van der Waals surface area contributed by atoms with E-state index in [9.17, 15) is 14.4 Å². The molecule has 1 aromatic heterocycles. The van der Waals surface area contributed by atoms with Crippen LogP contribution in [-0.4, -0.2) is 22.5 Å². The fourth-order valence-electron chi connectivity index (χ4n) is 3.48. The number of aromatic nitrogens is 1. The first kappa shape index (κ1) is 19.5. The minimum absolute atomic E-state index is 0.378. The Morgan fingerprint density at radius 3 is 2.28 bits per heavy atom. The maximum atomic E-state index is 13.3. The van der Waals surface area contributed by atoms with Crippen molar-refractivity contribution in [3.63, 3.8) is 0 Å². The molecule has 5 nitrogen and oxygen atoms in total. The van der Waals surface area contributed by atoms with Gasteiger partial charge in [-0.2, -0.15) is 0 Å². The molecule has 1 amide bonds. The van der Waals surface area contributed by atoms with Gasteiger partial charge in [0, 0.05) is 15.5 Å². The van der Waals surface area contributed by atoms with Crippen molar-refractivity contribution < 1.29 is 14.4 Å². The molecule has 1 aliphatic heterocycles. The van der Waals surface area contributed by atoms with Gasteiger partial charge in [-0.25, -0.2) is 4.98 Å². The van der Waals surface area contributed by atoms with Gasteiger partial charge in [-0.15, -0.1) is 11.3 Å². The van der Waals surface area contributed by atoms with Gasteiger partial charge in [0.2, 0.25) is 5.78 Å². The van der Waals surface area contributed by atoms with Gasteiger partial charge in [0.15, 0.2) is 10.9 Å². The van der Waals surface area contributed by atoms with E-state index >= 15 is 0 Å². The Morgan fingerprint density at radius 1 is 1.03 bits per heavy atom. The van der Waals surface area contributed by atoms with E-state index in [0.717, 1.165) is 10.6 Å². The molecule has 2 aromatic carbocycles. The Labute approximate surface area is 177 Å². The Kier molecular flexibility index (Phi) is 5.06. The van der Waals surface area contributed by atoms with Crippen LogP contribution in [0.25, 0.3) is 0 Å². The summed E-state index contributed by atoms with van der Waals surface area (Å²) < 4.78 is 0. The lowest BCUT2D eigenvalue weighted by atomic mass is 9.86. The number of hydrogen-bond acceptors (Lipinski definition) is 5. The van der Waals surface area contributed by atoms with Crippen LogP contribution in [0, 0.1) is 19.8 Å². The fraction of sp³-hybridized carbons (Fsp3) is 0.182. The Bertz CT molecular complexity index is 1090. The van der Waals surface area contributed by atoms with Crippen molar-refractivity contribution in [1.82, 2.24) is 4.98 Å². The van der Waals surface area contributed by atoms with Gasteiger partial charge in [-0.05, 0) is 31.5 Å². The van der Waals surface area contributed by atoms with E-state index in [1.807, 2.05) is 13.8 Å². The van der Waals surface area contributed by atoms with Crippen LogP contribution < -0.4 is 4.90 Å². The molecular formula is C22H17ClN2O3S. The van der Waals surface area contributed by atoms with Gasteiger partial charge >= 0.3 is 0 Å². The van der Waals surface area contributed by atoms with E-state index in [4.69, 9.17) is 11.6 Å². The smallest absolute Gasteiger partial charge is 0.293 e. The molecule has 1 fully saturated rings. The molecule has 2 heterocycles. The summed E-state index contributed by atoms with van der Waals surface area (Å²) in [5.41, 5.74) is 1.84. The van der Waals surface area contributed by atoms with E-state index in [1.54, 1.807) is 54.6 Å². The SMILES string of the molecule is Cc1nc(N2C(=O)C(=O)C(C(=O)c3ccccc3)C2c2ccc(Cl)cc2)sc1C. The Balaban J connectivity index is 1.87. The number of anilines is 1. The Hall–Kier alpha value is -2.83. The van der Waals surface area contributed by atoms with Crippen molar-refractivity contribution in [3.8, 4) is 0 Å². The van der Waals surface area contributed by atoms with E-state index in [0.29, 0.717) is 21.3 Å². The second-order valence-electron chi connectivity index (χ2n) is 6.88. The monoisotopic (exact) mass is 424 g/mol. The maximum absolute atomic E-state index is 13.3. The third kappa shape index (κ3) is 3.39. The summed E-state index contributed by atoms with van der Waals surface area (Å²) in [6.07, 6.45) is 0. The highest BCUT2D eigenvalue weighted by Gasteiger charge is 2.53. The van der Waals surface area contributed by atoms with E-state index in [1.165, 1.54) is 16.2 Å². The summed E-state index contributed by atoms with van der Waals surface area (Å²) in [4.78, 5) is 46.0. The van der Waals surface area contributed by atoms with Gasteiger partial charge in [0.05, 0.1) is 11.7 Å². The number of aryl methyl sites for hydroxylation is 2. The number of carbonyl (C=O) groups is 3. The van der Waals surface area contributed by atoms with Crippen molar-refractivity contribution in [2.45, 2.75) is 19.9 Å². The molecule has 1 saturated heterocycles. The maximum Gasteiger partial charge on any atom is 0.297 e. The zero-order valence-corrected chi connectivity index (χ0v) is 17.3. The third-order valence-electron chi connectivity index (χ3n) is 5.08. The van der Waals surface area contributed by atoms with Crippen LogP contribution in [0.4, 0.5) is 5.13 Å². The van der Waals surface area contributed by atoms with Crippen molar-refractivity contribution in [2.24, 2.45) is 5.92 Å².